The van der Waals surface area contributed by atoms with Crippen LogP contribution in [0, 0.1) is 21.8 Å². The van der Waals surface area contributed by atoms with E-state index in [1.807, 2.05) is 13.8 Å². The Labute approximate surface area is 118 Å². The molecule has 0 saturated carbocycles. The van der Waals surface area contributed by atoms with Gasteiger partial charge < -0.3 is 10.4 Å². The first kappa shape index (κ1) is 16.5. The smallest absolute Gasteiger partial charge is 0.272 e. The predicted octanol–water partition coefficient (Wildman–Crippen LogP) is 2.62. The van der Waals surface area contributed by atoms with Crippen LogP contribution in [0.2, 0.25) is 0 Å². The van der Waals surface area contributed by atoms with Crippen LogP contribution < -0.4 is 5.32 Å². The largest absolute Gasteiger partial charge is 0.392 e. The monoisotopic (exact) mass is 284 g/mol. The fraction of sp³-hybridized carbons (Fsp3) is 0.571. The fourth-order valence-electron chi connectivity index (χ4n) is 2.20. The van der Waals surface area contributed by atoms with Gasteiger partial charge >= 0.3 is 0 Å². The molecular formula is C14H21FN2O3. The van der Waals surface area contributed by atoms with E-state index in [-0.39, 0.29) is 18.2 Å². The molecule has 0 amide bonds. The summed E-state index contributed by atoms with van der Waals surface area (Å²) < 4.78 is 13.2. The molecule has 0 aromatic heterocycles. The maximum Gasteiger partial charge on any atom is 0.272 e. The van der Waals surface area contributed by atoms with Crippen molar-refractivity contribution in [3.63, 3.8) is 0 Å². The Morgan fingerprint density at radius 2 is 2.00 bits per heavy atom. The van der Waals surface area contributed by atoms with Gasteiger partial charge in [-0.2, -0.15) is 0 Å². The Morgan fingerprint density at radius 1 is 1.35 bits per heavy atom. The number of nitro groups is 1. The summed E-state index contributed by atoms with van der Waals surface area (Å²) in [6.07, 6.45) is 1.32. The zero-order valence-electron chi connectivity index (χ0n) is 11.8. The van der Waals surface area contributed by atoms with E-state index in [4.69, 9.17) is 0 Å². The van der Waals surface area contributed by atoms with Crippen molar-refractivity contribution < 1.29 is 14.4 Å². The van der Waals surface area contributed by atoms with Crippen LogP contribution in [-0.4, -0.2) is 22.7 Å². The number of halogens is 1. The molecule has 0 fully saturated rings. The maximum atomic E-state index is 13.2. The van der Waals surface area contributed by atoms with E-state index in [2.05, 4.69) is 5.32 Å². The number of nitro benzene ring substituents is 1. The topological polar surface area (TPSA) is 75.4 Å². The predicted molar refractivity (Wildman–Crippen MR) is 74.8 cm³/mol. The summed E-state index contributed by atoms with van der Waals surface area (Å²) in [6, 6.07) is 3.48. The summed E-state index contributed by atoms with van der Waals surface area (Å²) in [5, 5.41) is 23.6. The maximum absolute atomic E-state index is 13.2. The highest BCUT2D eigenvalue weighted by molar-refractivity contribution is 5.35. The molecular weight excluding hydrogens is 263 g/mol. The van der Waals surface area contributed by atoms with E-state index in [1.165, 1.54) is 12.1 Å². The lowest BCUT2D eigenvalue weighted by molar-refractivity contribution is -0.385. The summed E-state index contributed by atoms with van der Waals surface area (Å²) in [5.41, 5.74) is 0.232. The number of benzene rings is 1. The summed E-state index contributed by atoms with van der Waals surface area (Å²) in [7, 11) is 0. The molecule has 20 heavy (non-hydrogen) atoms. The minimum Gasteiger partial charge on any atom is -0.392 e. The van der Waals surface area contributed by atoms with Crippen LogP contribution >= 0.6 is 0 Å². The standard InChI is InChI=1S/C14H21FN2O3/c1-3-11(4-2)14(18)9-16-8-10-5-12(15)7-13(6-10)17(19)20/h5-7,11,14,16,18H,3-4,8-9H2,1-2H3. The fourth-order valence-corrected chi connectivity index (χ4v) is 2.20. The van der Waals surface area contributed by atoms with Crippen molar-refractivity contribution in [1.82, 2.24) is 5.32 Å². The molecule has 0 spiro atoms. The van der Waals surface area contributed by atoms with Crippen molar-refractivity contribution >= 4 is 5.69 Å². The van der Waals surface area contributed by atoms with Gasteiger partial charge in [0.2, 0.25) is 0 Å². The molecule has 0 bridgehead atoms. The number of aliphatic hydroxyl groups excluding tert-OH is 1. The molecule has 0 aliphatic carbocycles. The summed E-state index contributed by atoms with van der Waals surface area (Å²) in [6.45, 7) is 4.72. The van der Waals surface area contributed by atoms with Gasteiger partial charge in [0.15, 0.2) is 0 Å². The Morgan fingerprint density at radius 3 is 2.55 bits per heavy atom. The number of hydrogen-bond donors (Lipinski definition) is 2. The minimum absolute atomic E-state index is 0.226. The van der Waals surface area contributed by atoms with Gasteiger partial charge in [0.1, 0.15) is 5.82 Å². The molecule has 0 aliphatic heterocycles. The third-order valence-corrected chi connectivity index (χ3v) is 3.43. The quantitative estimate of drug-likeness (QED) is 0.568. The van der Waals surface area contributed by atoms with Crippen molar-refractivity contribution in [3.8, 4) is 0 Å². The summed E-state index contributed by atoms with van der Waals surface area (Å²) >= 11 is 0. The SMILES string of the molecule is CCC(CC)C(O)CNCc1cc(F)cc([N+](=O)[O-])c1. The third-order valence-electron chi connectivity index (χ3n) is 3.43. The van der Waals surface area contributed by atoms with Gasteiger partial charge in [0.05, 0.1) is 17.1 Å². The lowest BCUT2D eigenvalue weighted by atomic mass is 9.96. The van der Waals surface area contributed by atoms with Crippen LogP contribution in [0.1, 0.15) is 32.3 Å². The van der Waals surface area contributed by atoms with Gasteiger partial charge in [0, 0.05) is 19.2 Å². The number of nitrogens with zero attached hydrogens (tertiary/aromatic N) is 1. The van der Waals surface area contributed by atoms with Crippen LogP contribution in [0.4, 0.5) is 10.1 Å². The van der Waals surface area contributed by atoms with E-state index in [9.17, 15) is 19.6 Å². The van der Waals surface area contributed by atoms with E-state index in [0.29, 0.717) is 12.1 Å². The first-order chi connectivity index (χ1) is 9.47. The molecule has 2 N–H and O–H groups in total. The first-order valence-corrected chi connectivity index (χ1v) is 6.80. The first-order valence-electron chi connectivity index (χ1n) is 6.80. The normalized spacial score (nSPS) is 12.7. The number of rotatable bonds is 8. The molecule has 0 aliphatic rings. The highest BCUT2D eigenvalue weighted by Crippen LogP contribution is 2.16. The van der Waals surface area contributed by atoms with Crippen LogP contribution in [0.25, 0.3) is 0 Å². The second-order valence-corrected chi connectivity index (χ2v) is 4.85. The van der Waals surface area contributed by atoms with Crippen molar-refractivity contribution in [2.75, 3.05) is 6.54 Å². The molecule has 1 aromatic rings. The number of non-ortho nitro benzene ring substituents is 1. The average Bonchev–Trinajstić information content (AvgIpc) is 2.39. The molecule has 5 nitrogen and oxygen atoms in total. The van der Waals surface area contributed by atoms with Gasteiger partial charge in [0.25, 0.3) is 5.69 Å². The van der Waals surface area contributed by atoms with Crippen LogP contribution in [0.5, 0.6) is 0 Å². The van der Waals surface area contributed by atoms with E-state index >= 15 is 0 Å². The average molecular weight is 284 g/mol. The number of aliphatic hydroxyl groups is 1. The Hall–Kier alpha value is -1.53. The van der Waals surface area contributed by atoms with Crippen molar-refractivity contribution in [2.24, 2.45) is 5.92 Å². The highest BCUT2D eigenvalue weighted by atomic mass is 19.1. The lowest BCUT2D eigenvalue weighted by Gasteiger charge is -2.20. The van der Waals surface area contributed by atoms with Crippen LogP contribution in [-0.2, 0) is 6.54 Å². The van der Waals surface area contributed by atoms with E-state index in [0.717, 1.165) is 18.9 Å². The van der Waals surface area contributed by atoms with Gasteiger partial charge in [-0.1, -0.05) is 26.7 Å². The Bertz CT molecular complexity index is 450. The van der Waals surface area contributed by atoms with Gasteiger partial charge in [-0.15, -0.1) is 0 Å². The number of hydrogen-bond acceptors (Lipinski definition) is 4. The molecule has 6 heteroatoms. The molecule has 0 saturated heterocycles. The van der Waals surface area contributed by atoms with E-state index < -0.39 is 16.8 Å². The second kappa shape index (κ2) is 7.91. The molecule has 1 rings (SSSR count). The van der Waals surface area contributed by atoms with Crippen LogP contribution in [0.3, 0.4) is 0 Å². The van der Waals surface area contributed by atoms with Crippen LogP contribution in [0.15, 0.2) is 18.2 Å². The molecule has 1 aromatic carbocycles. The molecule has 1 unspecified atom stereocenters. The van der Waals surface area contributed by atoms with Gasteiger partial charge in [-0.25, -0.2) is 4.39 Å². The lowest BCUT2D eigenvalue weighted by Crippen LogP contribution is -2.32. The molecule has 0 radical (unpaired) electrons. The number of nitrogens with one attached hydrogen (secondary N) is 1. The minimum atomic E-state index is -0.628. The Kier molecular flexibility index (Phi) is 6.54. The van der Waals surface area contributed by atoms with Gasteiger partial charge in [-0.3, -0.25) is 10.1 Å². The summed E-state index contributed by atoms with van der Waals surface area (Å²) in [5.74, 6) is -0.402. The van der Waals surface area contributed by atoms with Gasteiger partial charge in [-0.05, 0) is 17.5 Å². The molecule has 1 atom stereocenters. The van der Waals surface area contributed by atoms with Crippen molar-refractivity contribution in [3.05, 3.63) is 39.7 Å². The summed E-state index contributed by atoms with van der Waals surface area (Å²) in [4.78, 5) is 10.0. The van der Waals surface area contributed by atoms with Crippen molar-refractivity contribution in [2.45, 2.75) is 39.3 Å². The zero-order chi connectivity index (χ0) is 15.1. The van der Waals surface area contributed by atoms with Crippen molar-refractivity contribution in [1.29, 1.82) is 0 Å². The third kappa shape index (κ3) is 4.86. The zero-order valence-corrected chi connectivity index (χ0v) is 11.8. The second-order valence-electron chi connectivity index (χ2n) is 4.85. The van der Waals surface area contributed by atoms with E-state index in [1.54, 1.807) is 0 Å². The molecule has 0 heterocycles. The Balaban J connectivity index is 2.56. The molecule has 112 valence electrons. The highest BCUT2D eigenvalue weighted by Gasteiger charge is 2.15.